The third-order valence-electron chi connectivity index (χ3n) is 3.15. The Morgan fingerprint density at radius 2 is 2.09 bits per heavy atom. The Morgan fingerprint density at radius 1 is 1.27 bits per heavy atom. The predicted octanol–water partition coefficient (Wildman–Crippen LogP) is 2.92. The van der Waals surface area contributed by atoms with Crippen LogP contribution in [-0.4, -0.2) is 17.4 Å². The smallest absolute Gasteiger partial charge is 0.229 e. The first-order chi connectivity index (χ1) is 10.7. The zero-order valence-electron chi connectivity index (χ0n) is 11.7. The largest absolute Gasteiger partial charge is 0.436 e. The Kier molecular flexibility index (Phi) is 3.84. The number of nitrogens with zero attached hydrogens (tertiary/aromatic N) is 1. The quantitative estimate of drug-likeness (QED) is 0.776. The van der Waals surface area contributed by atoms with Gasteiger partial charge < -0.3 is 15.5 Å². The highest BCUT2D eigenvalue weighted by Gasteiger charge is 2.15. The molecule has 0 saturated heterocycles. The second kappa shape index (κ2) is 5.95. The van der Waals surface area contributed by atoms with Gasteiger partial charge in [0.05, 0.1) is 11.3 Å². The molecule has 2 aromatic carbocycles. The molecular weight excluding hydrogens is 285 g/mol. The fraction of sp³-hybridized carbons (Fsp3) is 0.125. The van der Waals surface area contributed by atoms with E-state index in [9.17, 15) is 9.18 Å². The second-order valence-corrected chi connectivity index (χ2v) is 4.76. The van der Waals surface area contributed by atoms with Gasteiger partial charge in [-0.3, -0.25) is 4.79 Å². The lowest BCUT2D eigenvalue weighted by atomic mass is 10.1. The Bertz CT molecular complexity index is 796. The number of carbonyl (C=O) groups excluding carboxylic acids is 1. The molecule has 5 nitrogen and oxygen atoms in total. The van der Waals surface area contributed by atoms with Crippen LogP contribution in [0.25, 0.3) is 22.6 Å². The van der Waals surface area contributed by atoms with Crippen molar-refractivity contribution in [2.75, 3.05) is 11.9 Å². The molecule has 1 heterocycles. The first-order valence-electron chi connectivity index (χ1n) is 6.83. The van der Waals surface area contributed by atoms with Gasteiger partial charge in [0, 0.05) is 13.0 Å². The number of carbonyl (C=O) groups is 1. The van der Waals surface area contributed by atoms with Crippen molar-refractivity contribution in [2.24, 2.45) is 5.73 Å². The van der Waals surface area contributed by atoms with Crippen molar-refractivity contribution < 1.29 is 13.6 Å². The number of hydrogen-bond acceptors (Lipinski definition) is 4. The van der Waals surface area contributed by atoms with Gasteiger partial charge in [-0.05, 0) is 30.3 Å². The number of amides is 1. The van der Waals surface area contributed by atoms with Crippen LogP contribution in [0.3, 0.4) is 0 Å². The molecule has 0 saturated carbocycles. The molecule has 3 aromatic rings. The zero-order valence-corrected chi connectivity index (χ0v) is 11.7. The van der Waals surface area contributed by atoms with Crippen LogP contribution >= 0.6 is 0 Å². The van der Waals surface area contributed by atoms with Crippen LogP contribution in [0.4, 0.5) is 10.1 Å². The minimum atomic E-state index is -0.436. The van der Waals surface area contributed by atoms with Gasteiger partial charge in [-0.1, -0.05) is 12.1 Å². The summed E-state index contributed by atoms with van der Waals surface area (Å²) in [5, 5.41) is 2.70. The maximum atomic E-state index is 13.6. The van der Waals surface area contributed by atoms with E-state index in [0.29, 0.717) is 22.4 Å². The highest BCUT2D eigenvalue weighted by molar-refractivity contribution is 5.95. The summed E-state index contributed by atoms with van der Waals surface area (Å²) in [5.41, 5.74) is 7.45. The van der Waals surface area contributed by atoms with Crippen molar-refractivity contribution in [3.8, 4) is 11.5 Å². The molecule has 0 aliphatic rings. The van der Waals surface area contributed by atoms with Crippen molar-refractivity contribution in [3.05, 3.63) is 48.3 Å². The SMILES string of the molecule is NCCC(=O)Nc1ccc(F)cc1-c1nc2ccccc2o1. The Balaban J connectivity index is 2.04. The van der Waals surface area contributed by atoms with Gasteiger partial charge in [-0.2, -0.15) is 0 Å². The lowest BCUT2D eigenvalue weighted by molar-refractivity contribution is -0.116. The van der Waals surface area contributed by atoms with Crippen LogP contribution in [-0.2, 0) is 4.79 Å². The van der Waals surface area contributed by atoms with Crippen LogP contribution in [0.2, 0.25) is 0 Å². The van der Waals surface area contributed by atoms with E-state index in [0.717, 1.165) is 0 Å². The van der Waals surface area contributed by atoms with Crippen molar-refractivity contribution in [2.45, 2.75) is 6.42 Å². The molecule has 0 radical (unpaired) electrons. The number of anilines is 1. The number of rotatable bonds is 4. The number of oxazole rings is 1. The molecule has 0 unspecified atom stereocenters. The first kappa shape index (κ1) is 14.2. The topological polar surface area (TPSA) is 81.2 Å². The molecule has 0 aliphatic heterocycles. The number of halogens is 1. The number of fused-ring (bicyclic) bond motifs is 1. The third kappa shape index (κ3) is 2.82. The molecule has 0 fully saturated rings. The summed E-state index contributed by atoms with van der Waals surface area (Å²) < 4.78 is 19.2. The number of hydrogen-bond donors (Lipinski definition) is 2. The molecule has 0 bridgehead atoms. The molecule has 22 heavy (non-hydrogen) atoms. The molecule has 1 amide bonds. The van der Waals surface area contributed by atoms with Gasteiger partial charge in [0.25, 0.3) is 0 Å². The average molecular weight is 299 g/mol. The van der Waals surface area contributed by atoms with Crippen molar-refractivity contribution >= 4 is 22.7 Å². The van der Waals surface area contributed by atoms with Gasteiger partial charge in [0.15, 0.2) is 5.58 Å². The van der Waals surface area contributed by atoms with E-state index in [4.69, 9.17) is 10.2 Å². The molecule has 0 aliphatic carbocycles. The summed E-state index contributed by atoms with van der Waals surface area (Å²) in [4.78, 5) is 16.0. The monoisotopic (exact) mass is 299 g/mol. The molecule has 112 valence electrons. The summed E-state index contributed by atoms with van der Waals surface area (Å²) >= 11 is 0. The molecule has 6 heteroatoms. The standard InChI is InChI=1S/C16H14FN3O2/c17-10-5-6-12(19-15(21)7-8-18)11(9-10)16-20-13-3-1-2-4-14(13)22-16/h1-6,9H,7-8,18H2,(H,19,21). The number of nitrogens with two attached hydrogens (primary N) is 1. The average Bonchev–Trinajstić information content (AvgIpc) is 2.93. The molecule has 3 rings (SSSR count). The summed E-state index contributed by atoms with van der Waals surface area (Å²) in [6, 6.07) is 11.3. The van der Waals surface area contributed by atoms with Crippen LogP contribution in [0, 0.1) is 5.82 Å². The Morgan fingerprint density at radius 3 is 2.86 bits per heavy atom. The van der Waals surface area contributed by atoms with Crippen molar-refractivity contribution in [1.82, 2.24) is 4.98 Å². The van der Waals surface area contributed by atoms with Gasteiger partial charge in [-0.25, -0.2) is 9.37 Å². The Labute approximate surface area is 125 Å². The molecule has 3 N–H and O–H groups in total. The summed E-state index contributed by atoms with van der Waals surface area (Å²) in [5.74, 6) is -0.427. The van der Waals surface area contributed by atoms with Gasteiger partial charge in [-0.15, -0.1) is 0 Å². The van der Waals surface area contributed by atoms with Gasteiger partial charge in [0.2, 0.25) is 11.8 Å². The van der Waals surface area contributed by atoms with Gasteiger partial charge >= 0.3 is 0 Å². The van der Waals surface area contributed by atoms with Crippen molar-refractivity contribution in [1.29, 1.82) is 0 Å². The lowest BCUT2D eigenvalue weighted by Gasteiger charge is -2.08. The normalized spacial score (nSPS) is 10.8. The fourth-order valence-electron chi connectivity index (χ4n) is 2.13. The minimum Gasteiger partial charge on any atom is -0.436 e. The molecule has 1 aromatic heterocycles. The summed E-state index contributed by atoms with van der Waals surface area (Å²) in [6.07, 6.45) is 0.185. The molecule has 0 atom stereocenters. The van der Waals surface area contributed by atoms with E-state index >= 15 is 0 Å². The number of nitrogens with one attached hydrogen (secondary N) is 1. The highest BCUT2D eigenvalue weighted by Crippen LogP contribution is 2.31. The first-order valence-corrected chi connectivity index (χ1v) is 6.83. The minimum absolute atomic E-state index is 0.185. The molecule has 0 spiro atoms. The van der Waals surface area contributed by atoms with Crippen molar-refractivity contribution in [3.63, 3.8) is 0 Å². The van der Waals surface area contributed by atoms with E-state index in [1.165, 1.54) is 18.2 Å². The van der Waals surface area contributed by atoms with Crippen LogP contribution in [0.1, 0.15) is 6.42 Å². The van der Waals surface area contributed by atoms with E-state index in [1.54, 1.807) is 12.1 Å². The van der Waals surface area contributed by atoms with E-state index in [1.807, 2.05) is 12.1 Å². The number of benzene rings is 2. The predicted molar refractivity (Wildman–Crippen MR) is 81.7 cm³/mol. The van der Waals surface area contributed by atoms with E-state index in [-0.39, 0.29) is 24.8 Å². The maximum absolute atomic E-state index is 13.6. The maximum Gasteiger partial charge on any atom is 0.229 e. The van der Waals surface area contributed by atoms with E-state index in [2.05, 4.69) is 10.3 Å². The zero-order chi connectivity index (χ0) is 15.5. The highest BCUT2D eigenvalue weighted by atomic mass is 19.1. The lowest BCUT2D eigenvalue weighted by Crippen LogP contribution is -2.16. The number of para-hydroxylation sites is 2. The Hall–Kier alpha value is -2.73. The summed E-state index contributed by atoms with van der Waals surface area (Å²) in [7, 11) is 0. The van der Waals surface area contributed by atoms with Crippen LogP contribution in [0.15, 0.2) is 46.9 Å². The fourth-order valence-corrected chi connectivity index (χ4v) is 2.13. The van der Waals surface area contributed by atoms with Gasteiger partial charge in [0.1, 0.15) is 11.3 Å². The number of aromatic nitrogens is 1. The van der Waals surface area contributed by atoms with Crippen LogP contribution < -0.4 is 11.1 Å². The van der Waals surface area contributed by atoms with Crippen LogP contribution in [0.5, 0.6) is 0 Å². The second-order valence-electron chi connectivity index (χ2n) is 4.76. The van der Waals surface area contributed by atoms with E-state index < -0.39 is 5.82 Å². The molecular formula is C16H14FN3O2. The summed E-state index contributed by atoms with van der Waals surface area (Å²) in [6.45, 7) is 0.241. The third-order valence-corrected chi connectivity index (χ3v) is 3.15.